The number of carbonyl (C=O) groups excluding carboxylic acids is 1. The van der Waals surface area contributed by atoms with Crippen molar-refractivity contribution in [3.63, 3.8) is 0 Å². The zero-order chi connectivity index (χ0) is 19.5. The first-order valence-electron chi connectivity index (χ1n) is 10.4. The maximum Gasteiger partial charge on any atom is 0.341 e. The molecule has 0 saturated carbocycles. The van der Waals surface area contributed by atoms with Crippen LogP contribution in [0.5, 0.6) is 0 Å². The molecule has 27 heavy (non-hydrogen) atoms. The average molecular weight is 411 g/mol. The van der Waals surface area contributed by atoms with E-state index in [0.717, 1.165) is 42.8 Å². The molecule has 0 spiro atoms. The molecule has 0 saturated heterocycles. The number of ether oxygens (including phenoxy) is 1. The molecule has 2 N–H and O–H groups in total. The maximum atomic E-state index is 12.3. The summed E-state index contributed by atoms with van der Waals surface area (Å²) in [6.45, 7) is 3.13. The molecule has 1 heterocycles. The topological polar surface area (TPSA) is 50.4 Å². The highest BCUT2D eigenvalue weighted by atomic mass is 32.1. The highest BCUT2D eigenvalue weighted by Gasteiger charge is 2.26. The Bertz CT molecular complexity index is 614. The van der Waals surface area contributed by atoms with Gasteiger partial charge in [0, 0.05) is 11.4 Å². The Hall–Kier alpha value is -1.14. The number of anilines is 1. The molecule has 0 fully saturated rings. The second kappa shape index (κ2) is 12.3. The van der Waals surface area contributed by atoms with Crippen molar-refractivity contribution in [3.05, 3.63) is 16.0 Å². The number of esters is 1. The van der Waals surface area contributed by atoms with Crippen molar-refractivity contribution in [2.24, 2.45) is 0 Å². The van der Waals surface area contributed by atoms with E-state index in [1.807, 2.05) is 0 Å². The minimum absolute atomic E-state index is 0.261. The van der Waals surface area contributed by atoms with Gasteiger partial charge in [0.25, 0.3) is 0 Å². The number of thiocarbonyl (C=S) groups is 1. The van der Waals surface area contributed by atoms with Crippen molar-refractivity contribution in [3.8, 4) is 0 Å². The second-order valence-electron chi connectivity index (χ2n) is 7.26. The number of methoxy groups -OCH3 is 1. The van der Waals surface area contributed by atoms with Gasteiger partial charge in [0.05, 0.1) is 12.7 Å². The van der Waals surface area contributed by atoms with Gasteiger partial charge >= 0.3 is 5.97 Å². The second-order valence-corrected chi connectivity index (χ2v) is 8.78. The van der Waals surface area contributed by atoms with Crippen molar-refractivity contribution < 1.29 is 9.53 Å². The summed E-state index contributed by atoms with van der Waals surface area (Å²) in [5.74, 6) is -0.261. The summed E-state index contributed by atoms with van der Waals surface area (Å²) < 4.78 is 5.01. The van der Waals surface area contributed by atoms with Crippen LogP contribution in [-0.2, 0) is 17.6 Å². The summed E-state index contributed by atoms with van der Waals surface area (Å²) in [5, 5.41) is 7.96. The Morgan fingerprint density at radius 1 is 1.07 bits per heavy atom. The summed E-state index contributed by atoms with van der Waals surface area (Å²) >= 11 is 7.09. The molecule has 1 aromatic heterocycles. The molecule has 6 heteroatoms. The van der Waals surface area contributed by atoms with Crippen LogP contribution in [0, 0.1) is 0 Å². The molecule has 0 bridgehead atoms. The van der Waals surface area contributed by atoms with Crippen LogP contribution in [0.3, 0.4) is 0 Å². The fourth-order valence-electron chi connectivity index (χ4n) is 3.58. The minimum atomic E-state index is -0.261. The van der Waals surface area contributed by atoms with E-state index in [4.69, 9.17) is 17.0 Å². The lowest BCUT2D eigenvalue weighted by Gasteiger charge is -2.12. The Morgan fingerprint density at radius 2 is 1.74 bits per heavy atom. The van der Waals surface area contributed by atoms with Crippen LogP contribution >= 0.6 is 23.6 Å². The molecule has 1 aliphatic rings. The zero-order valence-electron chi connectivity index (χ0n) is 16.8. The summed E-state index contributed by atoms with van der Waals surface area (Å²) in [4.78, 5) is 13.6. The van der Waals surface area contributed by atoms with Gasteiger partial charge in [0.15, 0.2) is 5.11 Å². The van der Waals surface area contributed by atoms with Crippen LogP contribution < -0.4 is 10.6 Å². The smallest absolute Gasteiger partial charge is 0.341 e. The molecule has 0 amide bonds. The molecular formula is C21H34N2O2S2. The summed E-state index contributed by atoms with van der Waals surface area (Å²) in [7, 11) is 1.44. The van der Waals surface area contributed by atoms with Crippen LogP contribution in [0.2, 0.25) is 0 Å². The van der Waals surface area contributed by atoms with Crippen molar-refractivity contribution in [1.82, 2.24) is 5.32 Å². The van der Waals surface area contributed by atoms with Gasteiger partial charge in [-0.15, -0.1) is 11.3 Å². The van der Waals surface area contributed by atoms with Gasteiger partial charge in [-0.25, -0.2) is 4.79 Å². The van der Waals surface area contributed by atoms with Gasteiger partial charge in [0.2, 0.25) is 0 Å². The third-order valence-electron chi connectivity index (χ3n) is 5.10. The van der Waals surface area contributed by atoms with Crippen LogP contribution in [0.1, 0.15) is 91.9 Å². The number of hydrogen-bond acceptors (Lipinski definition) is 4. The quantitative estimate of drug-likeness (QED) is 0.273. The third kappa shape index (κ3) is 7.07. The normalized spacial score (nSPS) is 13.1. The van der Waals surface area contributed by atoms with E-state index in [-0.39, 0.29) is 5.97 Å². The van der Waals surface area contributed by atoms with E-state index >= 15 is 0 Å². The van der Waals surface area contributed by atoms with Crippen LogP contribution in [0.25, 0.3) is 0 Å². The Labute approximate surface area is 173 Å². The van der Waals surface area contributed by atoms with Crippen molar-refractivity contribution >= 4 is 39.6 Å². The lowest BCUT2D eigenvalue weighted by molar-refractivity contribution is 0.0601. The van der Waals surface area contributed by atoms with E-state index in [1.165, 1.54) is 63.4 Å². The predicted octanol–water partition coefficient (Wildman–Crippen LogP) is 5.84. The average Bonchev–Trinajstić information content (AvgIpc) is 3.03. The number of unbranched alkanes of at least 4 members (excludes halogenated alkanes) is 7. The largest absolute Gasteiger partial charge is 0.465 e. The van der Waals surface area contributed by atoms with Crippen LogP contribution in [0.4, 0.5) is 5.00 Å². The monoisotopic (exact) mass is 410 g/mol. The van der Waals surface area contributed by atoms with Crippen molar-refractivity contribution in [1.29, 1.82) is 0 Å². The van der Waals surface area contributed by atoms with Crippen LogP contribution in [-0.4, -0.2) is 24.7 Å². The zero-order valence-corrected chi connectivity index (χ0v) is 18.5. The lowest BCUT2D eigenvalue weighted by Crippen LogP contribution is -2.29. The lowest BCUT2D eigenvalue weighted by atomic mass is 9.95. The molecule has 0 radical (unpaired) electrons. The Morgan fingerprint density at radius 3 is 2.44 bits per heavy atom. The molecule has 1 aliphatic carbocycles. The number of fused-ring (bicyclic) bond motifs is 1. The molecule has 152 valence electrons. The Balaban J connectivity index is 1.74. The van der Waals surface area contributed by atoms with Gasteiger partial charge in [-0.2, -0.15) is 0 Å². The predicted molar refractivity (Wildman–Crippen MR) is 119 cm³/mol. The summed E-state index contributed by atoms with van der Waals surface area (Å²) in [5.41, 5.74) is 1.85. The highest BCUT2D eigenvalue weighted by Crippen LogP contribution is 2.38. The number of hydrogen-bond donors (Lipinski definition) is 2. The number of aryl methyl sites for hydroxylation is 1. The SMILES string of the molecule is CCCCCCCCCCNC(=S)Nc1sc2c(c1C(=O)OC)CCCC2. The van der Waals surface area contributed by atoms with Crippen molar-refractivity contribution in [2.45, 2.75) is 84.0 Å². The molecular weight excluding hydrogens is 376 g/mol. The molecule has 0 atom stereocenters. The maximum absolute atomic E-state index is 12.3. The molecule has 1 aromatic rings. The Kier molecular flexibility index (Phi) is 10.1. The standard InChI is InChI=1S/C21H34N2O2S2/c1-3-4-5-6-7-8-9-12-15-22-21(26)23-19-18(20(24)25-2)16-13-10-11-14-17(16)27-19/h3-15H2,1-2H3,(H2,22,23,26). The number of carbonyl (C=O) groups is 1. The van der Waals surface area contributed by atoms with Crippen molar-refractivity contribution in [2.75, 3.05) is 19.0 Å². The fourth-order valence-corrected chi connectivity index (χ4v) is 5.13. The van der Waals surface area contributed by atoms with E-state index in [2.05, 4.69) is 17.6 Å². The van der Waals surface area contributed by atoms with Gasteiger partial charge < -0.3 is 15.4 Å². The fraction of sp³-hybridized carbons (Fsp3) is 0.714. The van der Waals surface area contributed by atoms with Gasteiger partial charge in [-0.3, -0.25) is 0 Å². The van der Waals surface area contributed by atoms with E-state index in [0.29, 0.717) is 10.7 Å². The van der Waals surface area contributed by atoms with E-state index in [1.54, 1.807) is 11.3 Å². The first-order valence-corrected chi connectivity index (χ1v) is 11.7. The van der Waals surface area contributed by atoms with E-state index in [9.17, 15) is 4.79 Å². The number of nitrogens with one attached hydrogen (secondary N) is 2. The van der Waals surface area contributed by atoms with Gasteiger partial charge in [-0.1, -0.05) is 51.9 Å². The molecule has 2 rings (SSSR count). The first kappa shape index (κ1) is 22.2. The molecule has 0 aromatic carbocycles. The van der Waals surface area contributed by atoms with E-state index < -0.39 is 0 Å². The minimum Gasteiger partial charge on any atom is -0.465 e. The van der Waals surface area contributed by atoms with Crippen LogP contribution in [0.15, 0.2) is 0 Å². The summed E-state index contributed by atoms with van der Waals surface area (Å²) in [6, 6.07) is 0. The number of rotatable bonds is 11. The number of thiophene rings is 1. The summed E-state index contributed by atoms with van der Waals surface area (Å²) in [6.07, 6.45) is 14.7. The third-order valence-corrected chi connectivity index (χ3v) is 6.56. The first-order chi connectivity index (χ1) is 13.2. The highest BCUT2D eigenvalue weighted by molar-refractivity contribution is 7.80. The molecule has 0 unspecified atom stereocenters. The molecule has 4 nitrogen and oxygen atoms in total. The molecule has 0 aliphatic heterocycles. The van der Waals surface area contributed by atoms with Gasteiger partial charge in [-0.05, 0) is 49.9 Å². The van der Waals surface area contributed by atoms with Gasteiger partial charge in [0.1, 0.15) is 5.00 Å².